The molecule has 2 unspecified atom stereocenters. The number of anilines is 1. The van der Waals surface area contributed by atoms with Gasteiger partial charge in [0.2, 0.25) is 5.91 Å². The van der Waals surface area contributed by atoms with Gasteiger partial charge in [-0.05, 0) is 31.4 Å². The van der Waals surface area contributed by atoms with Gasteiger partial charge in [0.1, 0.15) is 0 Å². The van der Waals surface area contributed by atoms with Crippen LogP contribution in [0.4, 0.5) is 5.69 Å². The van der Waals surface area contributed by atoms with Crippen molar-refractivity contribution in [1.82, 2.24) is 10.3 Å². The maximum Gasteiger partial charge on any atom is 0.226 e. The van der Waals surface area contributed by atoms with Crippen LogP contribution in [0.2, 0.25) is 5.15 Å². The van der Waals surface area contributed by atoms with E-state index in [0.717, 1.165) is 0 Å². The number of aliphatic hydroxyl groups is 1. The van der Waals surface area contributed by atoms with Crippen LogP contribution in [0, 0.1) is 5.92 Å². The van der Waals surface area contributed by atoms with Gasteiger partial charge in [0.15, 0.2) is 5.15 Å². The van der Waals surface area contributed by atoms with E-state index >= 15 is 0 Å². The van der Waals surface area contributed by atoms with E-state index in [9.17, 15) is 4.79 Å². The van der Waals surface area contributed by atoms with Gasteiger partial charge in [0.25, 0.3) is 0 Å². The van der Waals surface area contributed by atoms with Gasteiger partial charge in [0, 0.05) is 31.3 Å². The summed E-state index contributed by atoms with van der Waals surface area (Å²) < 4.78 is 0. The first kappa shape index (κ1) is 17.9. The van der Waals surface area contributed by atoms with Gasteiger partial charge >= 0.3 is 0 Å². The van der Waals surface area contributed by atoms with E-state index < -0.39 is 0 Å². The Balaban J connectivity index is 2.48. The molecule has 0 fully saturated rings. The first-order valence-electron chi connectivity index (χ1n) is 7.21. The second kappa shape index (κ2) is 8.97. The summed E-state index contributed by atoms with van der Waals surface area (Å²) in [7, 11) is 0. The number of carbonyl (C=O) groups excluding carboxylic acids is 1. The molecular formula is C15H24ClN3O2. The fourth-order valence-electron chi connectivity index (χ4n) is 2.13. The van der Waals surface area contributed by atoms with Crippen LogP contribution in [-0.4, -0.2) is 34.7 Å². The number of aromatic nitrogens is 1. The largest absolute Gasteiger partial charge is 0.396 e. The molecule has 1 heterocycles. The van der Waals surface area contributed by atoms with Crippen molar-refractivity contribution in [3.8, 4) is 0 Å². The summed E-state index contributed by atoms with van der Waals surface area (Å²) in [5.74, 6) is 0.284. The topological polar surface area (TPSA) is 74.2 Å². The summed E-state index contributed by atoms with van der Waals surface area (Å²) in [6, 6.07) is 3.65. The lowest BCUT2D eigenvalue weighted by Crippen LogP contribution is -2.42. The zero-order valence-electron chi connectivity index (χ0n) is 12.8. The van der Waals surface area contributed by atoms with E-state index in [0.29, 0.717) is 24.4 Å². The fraction of sp³-hybridized carbons (Fsp3) is 0.600. The lowest BCUT2D eigenvalue weighted by molar-refractivity contribution is -0.116. The number of nitrogens with one attached hydrogen (secondary N) is 2. The molecule has 0 saturated heterocycles. The van der Waals surface area contributed by atoms with Crippen LogP contribution in [-0.2, 0) is 4.79 Å². The highest BCUT2D eigenvalue weighted by molar-refractivity contribution is 6.32. The molecule has 0 aliphatic carbocycles. The Labute approximate surface area is 131 Å². The SMILES string of the molecule is CC(CC(=O)Nc1cccnc1Cl)NC(CCO)C(C)C. The Hall–Kier alpha value is -1.17. The van der Waals surface area contributed by atoms with Crippen LogP contribution in [0.3, 0.4) is 0 Å². The van der Waals surface area contributed by atoms with Crippen LogP contribution in [0.5, 0.6) is 0 Å². The van der Waals surface area contributed by atoms with Crippen LogP contribution in [0.1, 0.15) is 33.6 Å². The molecule has 0 radical (unpaired) electrons. The quantitative estimate of drug-likeness (QED) is 0.644. The molecule has 5 nitrogen and oxygen atoms in total. The lowest BCUT2D eigenvalue weighted by atomic mass is 10.00. The molecule has 1 aromatic rings. The third-order valence-electron chi connectivity index (χ3n) is 3.27. The van der Waals surface area contributed by atoms with E-state index in [2.05, 4.69) is 29.5 Å². The van der Waals surface area contributed by atoms with Gasteiger partial charge in [-0.3, -0.25) is 4.79 Å². The number of rotatable bonds is 8. The smallest absolute Gasteiger partial charge is 0.226 e. The van der Waals surface area contributed by atoms with E-state index in [1.165, 1.54) is 0 Å². The molecule has 118 valence electrons. The zero-order valence-corrected chi connectivity index (χ0v) is 13.5. The van der Waals surface area contributed by atoms with Gasteiger partial charge in [-0.25, -0.2) is 4.98 Å². The first-order valence-corrected chi connectivity index (χ1v) is 7.59. The predicted molar refractivity (Wildman–Crippen MR) is 85.4 cm³/mol. The van der Waals surface area contributed by atoms with Crippen LogP contribution in [0.15, 0.2) is 18.3 Å². The van der Waals surface area contributed by atoms with Gasteiger partial charge in [-0.2, -0.15) is 0 Å². The van der Waals surface area contributed by atoms with Crippen molar-refractivity contribution >= 4 is 23.2 Å². The molecule has 21 heavy (non-hydrogen) atoms. The molecule has 1 aromatic heterocycles. The molecule has 0 aromatic carbocycles. The number of carbonyl (C=O) groups is 1. The molecule has 3 N–H and O–H groups in total. The Kier molecular flexibility index (Phi) is 7.64. The average Bonchev–Trinajstić information content (AvgIpc) is 2.40. The molecular weight excluding hydrogens is 290 g/mol. The van der Waals surface area contributed by atoms with Crippen LogP contribution >= 0.6 is 11.6 Å². The normalized spacial score (nSPS) is 14.0. The zero-order chi connectivity index (χ0) is 15.8. The molecule has 2 atom stereocenters. The third kappa shape index (κ3) is 6.42. The minimum atomic E-state index is -0.114. The van der Waals surface area contributed by atoms with Gasteiger partial charge in [-0.1, -0.05) is 25.4 Å². The van der Waals surface area contributed by atoms with Gasteiger partial charge in [-0.15, -0.1) is 0 Å². The highest BCUT2D eigenvalue weighted by Gasteiger charge is 2.17. The number of hydrogen-bond acceptors (Lipinski definition) is 4. The Morgan fingerprint density at radius 3 is 2.71 bits per heavy atom. The number of amides is 1. The summed E-state index contributed by atoms with van der Waals surface area (Å²) in [5, 5.41) is 15.5. The van der Waals surface area contributed by atoms with Crippen molar-refractivity contribution < 1.29 is 9.90 Å². The van der Waals surface area contributed by atoms with Crippen molar-refractivity contribution in [2.75, 3.05) is 11.9 Å². The lowest BCUT2D eigenvalue weighted by Gasteiger charge is -2.25. The highest BCUT2D eigenvalue weighted by Crippen LogP contribution is 2.17. The number of hydrogen-bond donors (Lipinski definition) is 3. The minimum absolute atomic E-state index is 0.0133. The molecule has 0 bridgehead atoms. The Morgan fingerprint density at radius 1 is 1.43 bits per heavy atom. The maximum absolute atomic E-state index is 12.0. The Morgan fingerprint density at radius 2 is 2.14 bits per heavy atom. The number of halogens is 1. The van der Waals surface area contributed by atoms with Crippen LogP contribution in [0.25, 0.3) is 0 Å². The molecule has 6 heteroatoms. The van der Waals surface area contributed by atoms with Crippen molar-refractivity contribution in [3.05, 3.63) is 23.5 Å². The second-order valence-corrected chi connectivity index (χ2v) is 5.88. The third-order valence-corrected chi connectivity index (χ3v) is 3.57. The number of nitrogens with zero attached hydrogens (tertiary/aromatic N) is 1. The molecule has 0 spiro atoms. The van der Waals surface area contributed by atoms with Gasteiger partial charge in [0.05, 0.1) is 5.69 Å². The average molecular weight is 314 g/mol. The Bertz CT molecular complexity index is 454. The minimum Gasteiger partial charge on any atom is -0.396 e. The summed E-state index contributed by atoms with van der Waals surface area (Å²) in [6.07, 6.45) is 2.59. The summed E-state index contributed by atoms with van der Waals surface area (Å²) in [5.41, 5.74) is 0.520. The molecule has 0 aliphatic rings. The van der Waals surface area contributed by atoms with Crippen molar-refractivity contribution in [3.63, 3.8) is 0 Å². The summed E-state index contributed by atoms with van der Waals surface area (Å²) in [4.78, 5) is 15.9. The van der Waals surface area contributed by atoms with Crippen LogP contribution < -0.4 is 10.6 Å². The van der Waals surface area contributed by atoms with Gasteiger partial charge < -0.3 is 15.7 Å². The standard InChI is InChI=1S/C15H24ClN3O2/c1-10(2)12(6-8-20)18-11(3)9-14(21)19-13-5-4-7-17-15(13)16/h4-5,7,10-12,18,20H,6,8-9H2,1-3H3,(H,19,21). The monoisotopic (exact) mass is 313 g/mol. The molecule has 1 rings (SSSR count). The van der Waals surface area contributed by atoms with E-state index in [1.807, 2.05) is 6.92 Å². The number of aliphatic hydroxyl groups excluding tert-OH is 1. The first-order chi connectivity index (χ1) is 9.93. The molecule has 0 saturated carbocycles. The predicted octanol–water partition coefficient (Wildman–Crippen LogP) is 2.45. The fourth-order valence-corrected chi connectivity index (χ4v) is 2.30. The van der Waals surface area contributed by atoms with E-state index in [-0.39, 0.29) is 29.8 Å². The van der Waals surface area contributed by atoms with Crippen molar-refractivity contribution in [2.24, 2.45) is 5.92 Å². The summed E-state index contributed by atoms with van der Waals surface area (Å²) in [6.45, 7) is 6.28. The van der Waals surface area contributed by atoms with Crippen molar-refractivity contribution in [2.45, 2.75) is 45.7 Å². The van der Waals surface area contributed by atoms with E-state index in [4.69, 9.17) is 16.7 Å². The van der Waals surface area contributed by atoms with Crippen molar-refractivity contribution in [1.29, 1.82) is 0 Å². The highest BCUT2D eigenvalue weighted by atomic mass is 35.5. The second-order valence-electron chi connectivity index (χ2n) is 5.52. The number of pyridine rings is 1. The molecule has 1 amide bonds. The van der Waals surface area contributed by atoms with E-state index in [1.54, 1.807) is 18.3 Å². The molecule has 0 aliphatic heterocycles. The maximum atomic E-state index is 12.0. The summed E-state index contributed by atoms with van der Waals surface area (Å²) >= 11 is 5.90.